The molecule has 1 aromatic rings. The number of hydrogen-bond acceptors (Lipinski definition) is 4. The van der Waals surface area contributed by atoms with Crippen molar-refractivity contribution in [2.75, 3.05) is 53.5 Å². The standard InChI is InChI=1S/C20H34N4O2/c1-5-23(6-2)18-11-13-24(15-18)20(21-3)22-12-14-26-16-17-9-7-8-10-19(17)25-4/h7-10,18H,5-6,11-16H2,1-4H3,(H,21,22). The second kappa shape index (κ2) is 11.0. The smallest absolute Gasteiger partial charge is 0.193 e. The van der Waals surface area contributed by atoms with Crippen LogP contribution in [0.25, 0.3) is 0 Å². The number of methoxy groups -OCH3 is 1. The van der Waals surface area contributed by atoms with E-state index in [1.54, 1.807) is 7.11 Å². The Bertz CT molecular complexity index is 560. The van der Waals surface area contributed by atoms with Gasteiger partial charge in [-0.3, -0.25) is 9.89 Å². The fourth-order valence-corrected chi connectivity index (χ4v) is 3.54. The molecule has 2 rings (SSSR count). The maximum atomic E-state index is 5.79. The average molecular weight is 363 g/mol. The zero-order valence-electron chi connectivity index (χ0n) is 16.7. The van der Waals surface area contributed by atoms with Gasteiger partial charge in [0.1, 0.15) is 5.75 Å². The van der Waals surface area contributed by atoms with Crippen LogP contribution in [0.1, 0.15) is 25.8 Å². The van der Waals surface area contributed by atoms with Crippen molar-refractivity contribution in [1.82, 2.24) is 15.1 Å². The summed E-state index contributed by atoms with van der Waals surface area (Å²) in [6, 6.07) is 8.59. The summed E-state index contributed by atoms with van der Waals surface area (Å²) in [5.41, 5.74) is 1.07. The summed E-state index contributed by atoms with van der Waals surface area (Å²) in [4.78, 5) is 9.32. The van der Waals surface area contributed by atoms with Crippen molar-refractivity contribution in [2.45, 2.75) is 32.9 Å². The molecule has 6 heteroatoms. The molecule has 1 fully saturated rings. The maximum Gasteiger partial charge on any atom is 0.193 e. The Labute approximate surface area is 158 Å². The number of benzene rings is 1. The van der Waals surface area contributed by atoms with Gasteiger partial charge in [0, 0.05) is 38.3 Å². The van der Waals surface area contributed by atoms with E-state index in [0.29, 0.717) is 19.3 Å². The van der Waals surface area contributed by atoms with E-state index in [4.69, 9.17) is 9.47 Å². The van der Waals surface area contributed by atoms with Crippen molar-refractivity contribution < 1.29 is 9.47 Å². The van der Waals surface area contributed by atoms with Crippen LogP contribution < -0.4 is 10.1 Å². The van der Waals surface area contributed by atoms with Crippen LogP contribution in [0.5, 0.6) is 5.75 Å². The molecule has 146 valence electrons. The number of likely N-dealkylation sites (N-methyl/N-ethyl adjacent to an activating group) is 1. The summed E-state index contributed by atoms with van der Waals surface area (Å²) in [6.07, 6.45) is 1.20. The zero-order valence-corrected chi connectivity index (χ0v) is 16.7. The number of hydrogen-bond donors (Lipinski definition) is 1. The van der Waals surface area contributed by atoms with Gasteiger partial charge in [0.05, 0.1) is 20.3 Å². The number of nitrogens with zero attached hydrogens (tertiary/aromatic N) is 3. The van der Waals surface area contributed by atoms with Gasteiger partial charge in [0.15, 0.2) is 5.96 Å². The number of ether oxygens (including phenoxy) is 2. The number of likely N-dealkylation sites (tertiary alicyclic amines) is 1. The molecule has 1 saturated heterocycles. The van der Waals surface area contributed by atoms with Crippen LogP contribution in [0.4, 0.5) is 0 Å². The second-order valence-corrected chi connectivity index (χ2v) is 6.45. The largest absolute Gasteiger partial charge is 0.496 e. The molecule has 1 unspecified atom stereocenters. The van der Waals surface area contributed by atoms with Gasteiger partial charge in [0.2, 0.25) is 0 Å². The first-order valence-electron chi connectivity index (χ1n) is 9.62. The molecule has 1 N–H and O–H groups in total. The summed E-state index contributed by atoms with van der Waals surface area (Å²) in [6.45, 7) is 10.7. The van der Waals surface area contributed by atoms with Crippen LogP contribution in [0, 0.1) is 0 Å². The SMILES string of the molecule is CCN(CC)C1CCN(C(=NC)NCCOCc2ccccc2OC)C1. The molecule has 0 radical (unpaired) electrons. The van der Waals surface area contributed by atoms with Gasteiger partial charge < -0.3 is 19.7 Å². The maximum absolute atomic E-state index is 5.79. The molecule has 0 aromatic heterocycles. The Balaban J connectivity index is 1.71. The van der Waals surface area contributed by atoms with E-state index in [1.807, 2.05) is 31.3 Å². The molecule has 1 aliphatic heterocycles. The van der Waals surface area contributed by atoms with Gasteiger partial charge in [-0.05, 0) is 25.6 Å². The second-order valence-electron chi connectivity index (χ2n) is 6.45. The van der Waals surface area contributed by atoms with Gasteiger partial charge in [0.25, 0.3) is 0 Å². The normalized spacial score (nSPS) is 17.8. The summed E-state index contributed by atoms with van der Waals surface area (Å²) in [7, 11) is 3.54. The van der Waals surface area contributed by atoms with E-state index in [2.05, 4.69) is 34.0 Å². The average Bonchev–Trinajstić information content (AvgIpc) is 3.15. The van der Waals surface area contributed by atoms with Crippen molar-refractivity contribution in [3.8, 4) is 5.75 Å². The minimum absolute atomic E-state index is 0.554. The lowest BCUT2D eigenvalue weighted by Gasteiger charge is -2.27. The number of aliphatic imine (C=N–C) groups is 1. The molecule has 1 aromatic carbocycles. The van der Waals surface area contributed by atoms with Crippen LogP contribution >= 0.6 is 0 Å². The molecule has 0 amide bonds. The van der Waals surface area contributed by atoms with E-state index in [0.717, 1.165) is 50.0 Å². The topological polar surface area (TPSA) is 49.3 Å². The highest BCUT2D eigenvalue weighted by molar-refractivity contribution is 5.80. The number of guanidine groups is 1. The first kappa shape index (κ1) is 20.5. The lowest BCUT2D eigenvalue weighted by molar-refractivity contribution is 0.123. The van der Waals surface area contributed by atoms with E-state index >= 15 is 0 Å². The van der Waals surface area contributed by atoms with Gasteiger partial charge >= 0.3 is 0 Å². The van der Waals surface area contributed by atoms with Crippen molar-refractivity contribution in [3.63, 3.8) is 0 Å². The molecule has 1 aliphatic rings. The molecule has 1 heterocycles. The number of nitrogens with one attached hydrogen (secondary N) is 1. The summed E-state index contributed by atoms with van der Waals surface area (Å²) in [5.74, 6) is 1.84. The Kier molecular flexibility index (Phi) is 8.71. The van der Waals surface area contributed by atoms with Gasteiger partial charge in [-0.2, -0.15) is 0 Å². The molecule has 26 heavy (non-hydrogen) atoms. The van der Waals surface area contributed by atoms with Crippen LogP contribution in [0.2, 0.25) is 0 Å². The van der Waals surface area contributed by atoms with Crippen LogP contribution in [0.3, 0.4) is 0 Å². The lowest BCUT2D eigenvalue weighted by atomic mass is 10.2. The molecule has 6 nitrogen and oxygen atoms in total. The Morgan fingerprint density at radius 1 is 1.31 bits per heavy atom. The Hall–Kier alpha value is -1.79. The van der Waals surface area contributed by atoms with Crippen LogP contribution in [-0.2, 0) is 11.3 Å². The van der Waals surface area contributed by atoms with Gasteiger partial charge in [-0.25, -0.2) is 0 Å². The molecular formula is C20H34N4O2. The predicted octanol–water partition coefficient (Wildman–Crippen LogP) is 2.20. The zero-order chi connectivity index (χ0) is 18.8. The van der Waals surface area contributed by atoms with Crippen molar-refractivity contribution in [3.05, 3.63) is 29.8 Å². The number of rotatable bonds is 9. The van der Waals surface area contributed by atoms with Gasteiger partial charge in [-0.1, -0.05) is 32.0 Å². The van der Waals surface area contributed by atoms with Crippen molar-refractivity contribution in [2.24, 2.45) is 4.99 Å². The van der Waals surface area contributed by atoms with E-state index in [9.17, 15) is 0 Å². The highest BCUT2D eigenvalue weighted by atomic mass is 16.5. The van der Waals surface area contributed by atoms with Crippen LogP contribution in [0.15, 0.2) is 29.3 Å². The van der Waals surface area contributed by atoms with Crippen LogP contribution in [-0.4, -0.2) is 75.3 Å². The lowest BCUT2D eigenvalue weighted by Crippen LogP contribution is -2.44. The Morgan fingerprint density at radius 3 is 2.77 bits per heavy atom. The third-order valence-corrected chi connectivity index (χ3v) is 4.98. The Morgan fingerprint density at radius 2 is 2.08 bits per heavy atom. The minimum Gasteiger partial charge on any atom is -0.496 e. The minimum atomic E-state index is 0.554. The summed E-state index contributed by atoms with van der Waals surface area (Å²) in [5, 5.41) is 3.42. The molecule has 0 spiro atoms. The first-order valence-corrected chi connectivity index (χ1v) is 9.62. The third kappa shape index (κ3) is 5.61. The fourth-order valence-electron chi connectivity index (χ4n) is 3.54. The first-order chi connectivity index (χ1) is 12.7. The summed E-state index contributed by atoms with van der Waals surface area (Å²) >= 11 is 0. The molecule has 0 saturated carbocycles. The molecule has 0 aliphatic carbocycles. The monoisotopic (exact) mass is 362 g/mol. The fraction of sp³-hybridized carbons (Fsp3) is 0.650. The highest BCUT2D eigenvalue weighted by Crippen LogP contribution is 2.18. The number of para-hydroxylation sites is 1. The van der Waals surface area contributed by atoms with Crippen molar-refractivity contribution >= 4 is 5.96 Å². The third-order valence-electron chi connectivity index (χ3n) is 4.98. The van der Waals surface area contributed by atoms with Gasteiger partial charge in [-0.15, -0.1) is 0 Å². The molecule has 1 atom stereocenters. The predicted molar refractivity (Wildman–Crippen MR) is 107 cm³/mol. The van der Waals surface area contributed by atoms with E-state index in [-0.39, 0.29) is 0 Å². The summed E-state index contributed by atoms with van der Waals surface area (Å²) < 4.78 is 11.1. The highest BCUT2D eigenvalue weighted by Gasteiger charge is 2.27. The van der Waals surface area contributed by atoms with E-state index in [1.165, 1.54) is 6.42 Å². The van der Waals surface area contributed by atoms with E-state index < -0.39 is 0 Å². The molecule has 0 bridgehead atoms. The molecular weight excluding hydrogens is 328 g/mol. The van der Waals surface area contributed by atoms with Crippen molar-refractivity contribution in [1.29, 1.82) is 0 Å². The quantitative estimate of drug-likeness (QED) is 0.415.